The molecule has 2 aliphatic carbocycles. The van der Waals surface area contributed by atoms with Crippen molar-refractivity contribution >= 4 is 5.97 Å². The molecule has 5 heteroatoms. The highest BCUT2D eigenvalue weighted by Gasteiger charge is 2.54. The van der Waals surface area contributed by atoms with Crippen LogP contribution in [0.4, 0.5) is 0 Å². The third kappa shape index (κ3) is 1.93. The summed E-state index contributed by atoms with van der Waals surface area (Å²) in [7, 11) is 1.37. The van der Waals surface area contributed by atoms with Crippen molar-refractivity contribution in [3.05, 3.63) is 24.3 Å². The lowest BCUT2D eigenvalue weighted by molar-refractivity contribution is -0.166. The zero-order chi connectivity index (χ0) is 13.5. The lowest BCUT2D eigenvalue weighted by atomic mass is 9.63. The summed E-state index contributed by atoms with van der Waals surface area (Å²) in [6, 6.07) is 0. The molecular formula is C14H18O5. The molecule has 5 nitrogen and oxygen atoms in total. The maximum absolute atomic E-state index is 12.2. The minimum atomic E-state index is -0.802. The molecule has 0 saturated carbocycles. The summed E-state index contributed by atoms with van der Waals surface area (Å²) in [4.78, 5) is 12.2. The summed E-state index contributed by atoms with van der Waals surface area (Å²) >= 11 is 0. The van der Waals surface area contributed by atoms with E-state index in [0.717, 1.165) is 0 Å². The summed E-state index contributed by atoms with van der Waals surface area (Å²) in [5, 5.41) is 9.82. The molecule has 0 radical (unpaired) electrons. The largest absolute Gasteiger partial charge is 0.468 e. The monoisotopic (exact) mass is 266 g/mol. The van der Waals surface area contributed by atoms with Gasteiger partial charge in [0.2, 0.25) is 0 Å². The molecule has 0 amide bonds. The molecule has 1 heterocycles. The van der Waals surface area contributed by atoms with Crippen LogP contribution in [0.15, 0.2) is 24.3 Å². The highest BCUT2D eigenvalue weighted by atomic mass is 16.7. The first-order valence-electron chi connectivity index (χ1n) is 6.53. The van der Waals surface area contributed by atoms with E-state index in [2.05, 4.69) is 0 Å². The lowest BCUT2D eigenvalue weighted by Gasteiger charge is -2.44. The molecule has 1 aliphatic heterocycles. The highest BCUT2D eigenvalue weighted by Crippen LogP contribution is 2.49. The predicted octanol–water partition coefficient (Wildman–Crippen LogP) is 0.786. The van der Waals surface area contributed by atoms with E-state index < -0.39 is 17.3 Å². The van der Waals surface area contributed by atoms with Crippen molar-refractivity contribution in [1.29, 1.82) is 0 Å². The zero-order valence-corrected chi connectivity index (χ0v) is 10.9. The van der Waals surface area contributed by atoms with Gasteiger partial charge < -0.3 is 19.3 Å². The van der Waals surface area contributed by atoms with Gasteiger partial charge in [-0.05, 0) is 12.5 Å². The molecule has 0 aromatic heterocycles. The van der Waals surface area contributed by atoms with Gasteiger partial charge in [-0.1, -0.05) is 18.2 Å². The summed E-state index contributed by atoms with van der Waals surface area (Å²) in [5.41, 5.74) is -0.802. The van der Waals surface area contributed by atoms with E-state index in [1.807, 2.05) is 6.08 Å². The third-order valence-corrected chi connectivity index (χ3v) is 4.25. The van der Waals surface area contributed by atoms with Gasteiger partial charge in [-0.2, -0.15) is 0 Å². The molecule has 3 atom stereocenters. The Bertz CT molecular complexity index is 435. The number of methoxy groups -OCH3 is 1. The van der Waals surface area contributed by atoms with E-state index in [-0.39, 0.29) is 11.9 Å². The molecule has 104 valence electrons. The molecule has 0 aromatic carbocycles. The Hall–Kier alpha value is -1.17. The second-order valence-corrected chi connectivity index (χ2v) is 5.34. The Morgan fingerprint density at radius 3 is 2.68 bits per heavy atom. The van der Waals surface area contributed by atoms with Crippen molar-refractivity contribution in [2.75, 3.05) is 20.3 Å². The Kier molecular flexibility index (Phi) is 3.00. The van der Waals surface area contributed by atoms with E-state index in [4.69, 9.17) is 14.2 Å². The number of aliphatic hydroxyl groups is 1. The molecule has 19 heavy (non-hydrogen) atoms. The number of esters is 1. The Morgan fingerprint density at radius 2 is 2.00 bits per heavy atom. The van der Waals surface area contributed by atoms with Crippen molar-refractivity contribution in [2.45, 2.75) is 24.7 Å². The number of carbonyl (C=O) groups excluding carboxylic acids is 1. The number of allylic oxidation sites excluding steroid dienone is 1. The van der Waals surface area contributed by atoms with Gasteiger partial charge in [-0.25, -0.2) is 0 Å². The molecule has 1 fully saturated rings. The molecule has 1 N–H and O–H groups in total. The third-order valence-electron chi connectivity index (χ3n) is 4.25. The lowest BCUT2D eigenvalue weighted by Crippen LogP contribution is -2.49. The molecule has 0 unspecified atom stereocenters. The quantitative estimate of drug-likeness (QED) is 0.561. The topological polar surface area (TPSA) is 65.0 Å². The van der Waals surface area contributed by atoms with Crippen LogP contribution < -0.4 is 0 Å². The minimum Gasteiger partial charge on any atom is -0.468 e. The van der Waals surface area contributed by atoms with Crippen LogP contribution in [0, 0.1) is 11.3 Å². The van der Waals surface area contributed by atoms with Gasteiger partial charge in [0, 0.05) is 12.3 Å². The van der Waals surface area contributed by atoms with Gasteiger partial charge in [0.1, 0.15) is 0 Å². The van der Waals surface area contributed by atoms with E-state index in [0.29, 0.717) is 26.1 Å². The van der Waals surface area contributed by atoms with Crippen LogP contribution >= 0.6 is 0 Å². The van der Waals surface area contributed by atoms with Gasteiger partial charge in [0.15, 0.2) is 5.79 Å². The Labute approximate surface area is 111 Å². The van der Waals surface area contributed by atoms with Gasteiger partial charge in [-0.15, -0.1) is 0 Å². The average Bonchev–Trinajstić information content (AvgIpc) is 2.87. The van der Waals surface area contributed by atoms with E-state index in [1.54, 1.807) is 18.2 Å². The number of hydrogen-bond acceptors (Lipinski definition) is 5. The van der Waals surface area contributed by atoms with Crippen LogP contribution in [0.5, 0.6) is 0 Å². The first-order valence-corrected chi connectivity index (χ1v) is 6.53. The van der Waals surface area contributed by atoms with Gasteiger partial charge in [0.05, 0.1) is 31.8 Å². The van der Waals surface area contributed by atoms with Gasteiger partial charge in [0.25, 0.3) is 0 Å². The van der Waals surface area contributed by atoms with Crippen molar-refractivity contribution in [3.8, 4) is 0 Å². The van der Waals surface area contributed by atoms with Crippen molar-refractivity contribution in [3.63, 3.8) is 0 Å². The van der Waals surface area contributed by atoms with E-state index >= 15 is 0 Å². The standard InChI is InChI=1S/C14H18O5/c1-17-12(16)13-4-5-14(18-6-7-19-14)8-10(13)2-3-11(15)9-13/h2-5,10-11,15H,6-9H2,1H3/t10-,11-,13+/m0/s1. The average molecular weight is 266 g/mol. The number of ether oxygens (including phenoxy) is 3. The number of carbonyl (C=O) groups is 1. The fourth-order valence-electron chi connectivity index (χ4n) is 3.27. The van der Waals surface area contributed by atoms with Crippen molar-refractivity contribution in [2.24, 2.45) is 11.3 Å². The summed E-state index contributed by atoms with van der Waals surface area (Å²) in [6.45, 7) is 1.13. The number of hydrogen-bond donors (Lipinski definition) is 1. The summed E-state index contributed by atoms with van der Waals surface area (Å²) < 4.78 is 16.2. The van der Waals surface area contributed by atoms with Crippen molar-refractivity contribution in [1.82, 2.24) is 0 Å². The van der Waals surface area contributed by atoms with Gasteiger partial charge >= 0.3 is 5.97 Å². The zero-order valence-electron chi connectivity index (χ0n) is 10.9. The summed E-state index contributed by atoms with van der Waals surface area (Å²) in [5.74, 6) is -1.11. The van der Waals surface area contributed by atoms with Crippen LogP contribution in [0.2, 0.25) is 0 Å². The van der Waals surface area contributed by atoms with Crippen LogP contribution in [-0.4, -0.2) is 43.3 Å². The predicted molar refractivity (Wildman–Crippen MR) is 66.1 cm³/mol. The van der Waals surface area contributed by atoms with Crippen LogP contribution in [0.1, 0.15) is 12.8 Å². The number of fused-ring (bicyclic) bond motifs is 1. The fraction of sp³-hybridized carbons (Fsp3) is 0.643. The first-order chi connectivity index (χ1) is 9.10. The van der Waals surface area contributed by atoms with E-state index in [9.17, 15) is 9.90 Å². The maximum Gasteiger partial charge on any atom is 0.316 e. The van der Waals surface area contributed by atoms with Crippen LogP contribution in [0.25, 0.3) is 0 Å². The molecule has 0 aromatic rings. The second kappa shape index (κ2) is 4.44. The SMILES string of the molecule is COC(=O)[C@@]12C=CC3(C[C@@H]1C=C[C@H](O)C2)OCCO3. The molecule has 1 spiro atoms. The molecule has 3 aliphatic rings. The summed E-state index contributed by atoms with van der Waals surface area (Å²) in [6.07, 6.45) is 7.49. The second-order valence-electron chi connectivity index (χ2n) is 5.34. The Balaban J connectivity index is 1.98. The van der Waals surface area contributed by atoms with Crippen LogP contribution in [0.3, 0.4) is 0 Å². The van der Waals surface area contributed by atoms with Gasteiger partial charge in [-0.3, -0.25) is 4.79 Å². The van der Waals surface area contributed by atoms with Crippen LogP contribution in [-0.2, 0) is 19.0 Å². The maximum atomic E-state index is 12.2. The number of aliphatic hydroxyl groups excluding tert-OH is 1. The van der Waals surface area contributed by atoms with Crippen molar-refractivity contribution < 1.29 is 24.1 Å². The molecule has 0 bridgehead atoms. The molecule has 3 rings (SSSR count). The smallest absolute Gasteiger partial charge is 0.316 e. The normalized spacial score (nSPS) is 39.3. The number of rotatable bonds is 1. The first kappa shape index (κ1) is 12.8. The molecule has 1 saturated heterocycles. The van der Waals surface area contributed by atoms with E-state index in [1.165, 1.54) is 7.11 Å². The minimum absolute atomic E-state index is 0.0774. The Morgan fingerprint density at radius 1 is 1.26 bits per heavy atom. The fourth-order valence-corrected chi connectivity index (χ4v) is 3.27. The highest BCUT2D eigenvalue weighted by molar-refractivity contribution is 5.80. The molecular weight excluding hydrogens is 248 g/mol.